The van der Waals surface area contributed by atoms with Crippen molar-refractivity contribution in [3.05, 3.63) is 46.0 Å². The van der Waals surface area contributed by atoms with Crippen molar-refractivity contribution >= 4 is 29.4 Å². The second-order valence-corrected chi connectivity index (χ2v) is 5.04. The van der Waals surface area contributed by atoms with E-state index in [1.54, 1.807) is 19.2 Å². The van der Waals surface area contributed by atoms with Gasteiger partial charge in [0, 0.05) is 12.6 Å². The predicted molar refractivity (Wildman–Crippen MR) is 72.2 cm³/mol. The average molecular weight is 270 g/mol. The first-order valence-corrected chi connectivity index (χ1v) is 6.14. The van der Waals surface area contributed by atoms with E-state index in [2.05, 4.69) is 4.99 Å². The van der Waals surface area contributed by atoms with Gasteiger partial charge in [-0.3, -0.25) is 4.99 Å². The van der Waals surface area contributed by atoms with Crippen molar-refractivity contribution in [2.45, 2.75) is 25.0 Å². The fraction of sp³-hybridized carbons (Fsp3) is 0.308. The summed E-state index contributed by atoms with van der Waals surface area (Å²) < 4.78 is 0. The Morgan fingerprint density at radius 1 is 1.35 bits per heavy atom. The van der Waals surface area contributed by atoms with Crippen LogP contribution in [0.5, 0.6) is 0 Å². The molecule has 1 N–H and O–H groups in total. The molecule has 2 nitrogen and oxygen atoms in total. The van der Waals surface area contributed by atoms with E-state index in [1.807, 2.05) is 24.3 Å². The van der Waals surface area contributed by atoms with Crippen LogP contribution in [0.25, 0.3) is 0 Å². The number of nitrogens with zero attached hydrogens (tertiary/aromatic N) is 1. The summed E-state index contributed by atoms with van der Waals surface area (Å²) in [6.45, 7) is 1.74. The number of hydrogen-bond donors (Lipinski definition) is 1. The zero-order valence-corrected chi connectivity index (χ0v) is 10.9. The Labute approximate surface area is 111 Å². The summed E-state index contributed by atoms with van der Waals surface area (Å²) >= 11 is 11.8. The molecule has 1 aliphatic heterocycles. The first kappa shape index (κ1) is 12.6. The number of hydrogen-bond acceptors (Lipinski definition) is 2. The lowest BCUT2D eigenvalue weighted by Gasteiger charge is -2.27. The smallest absolute Gasteiger partial charge is 0.109 e. The van der Waals surface area contributed by atoms with E-state index in [1.165, 1.54) is 0 Å². The van der Waals surface area contributed by atoms with Gasteiger partial charge in [-0.2, -0.15) is 0 Å². The molecule has 17 heavy (non-hydrogen) atoms. The Bertz CT molecular complexity index is 468. The zero-order valence-electron chi connectivity index (χ0n) is 9.40. The van der Waals surface area contributed by atoms with Gasteiger partial charge in [0.15, 0.2) is 0 Å². The zero-order chi connectivity index (χ0) is 12.5. The fourth-order valence-corrected chi connectivity index (χ4v) is 2.23. The maximum atomic E-state index is 9.86. The topological polar surface area (TPSA) is 32.6 Å². The minimum absolute atomic E-state index is 0.524. The van der Waals surface area contributed by atoms with Crippen LogP contribution in [0.2, 0.25) is 10.0 Å². The first-order valence-electron chi connectivity index (χ1n) is 5.38. The summed E-state index contributed by atoms with van der Waals surface area (Å²) in [5.74, 6) is 0. The van der Waals surface area contributed by atoms with E-state index in [9.17, 15) is 5.11 Å². The highest BCUT2D eigenvalue weighted by atomic mass is 35.5. The summed E-state index contributed by atoms with van der Waals surface area (Å²) in [4.78, 5) is 4.35. The molecule has 2 atom stereocenters. The number of rotatable bonds is 3. The highest BCUT2D eigenvalue weighted by Crippen LogP contribution is 2.29. The summed E-state index contributed by atoms with van der Waals surface area (Å²) in [6, 6.07) is 5.48. The molecular weight excluding hydrogens is 257 g/mol. The third-order valence-electron chi connectivity index (χ3n) is 2.98. The largest absolute Gasteiger partial charge is 0.391 e. The summed E-state index contributed by atoms with van der Waals surface area (Å²) in [7, 11) is 0. The van der Waals surface area contributed by atoms with Crippen molar-refractivity contribution in [3.8, 4) is 0 Å². The van der Waals surface area contributed by atoms with Crippen LogP contribution in [0.4, 0.5) is 0 Å². The predicted octanol–water partition coefficient (Wildman–Crippen LogP) is 3.30. The number of aliphatic hydroxyl groups excluding tert-OH is 1. The molecule has 0 radical (unpaired) electrons. The molecule has 2 unspecified atom stereocenters. The molecule has 1 aromatic rings. The Kier molecular flexibility index (Phi) is 3.57. The van der Waals surface area contributed by atoms with E-state index in [4.69, 9.17) is 23.2 Å². The van der Waals surface area contributed by atoms with Gasteiger partial charge in [-0.1, -0.05) is 35.3 Å². The third-order valence-corrected chi connectivity index (χ3v) is 3.72. The normalized spacial score (nSPS) is 24.2. The molecule has 0 bridgehead atoms. The highest BCUT2D eigenvalue weighted by molar-refractivity contribution is 6.42. The first-order chi connectivity index (χ1) is 8.03. The minimum Gasteiger partial charge on any atom is -0.391 e. The lowest BCUT2D eigenvalue weighted by Crippen LogP contribution is -2.37. The summed E-state index contributed by atoms with van der Waals surface area (Å²) in [5, 5.41) is 10.9. The van der Waals surface area contributed by atoms with Crippen LogP contribution in [0, 0.1) is 0 Å². The SMILES string of the molecule is CC(O)C1(Cc2ccc(Cl)c(Cl)c2)C=CC=N1. The highest BCUT2D eigenvalue weighted by Gasteiger charge is 2.33. The second-order valence-electron chi connectivity index (χ2n) is 4.23. The Balaban J connectivity index is 2.27. The molecule has 4 heteroatoms. The molecule has 0 saturated heterocycles. The standard InChI is InChI=1S/C13H13Cl2NO/c1-9(17)13(5-2-6-16-13)8-10-3-4-11(14)12(15)7-10/h2-7,9,17H,8H2,1H3. The van der Waals surface area contributed by atoms with E-state index in [0.717, 1.165) is 5.56 Å². The molecular formula is C13H13Cl2NO. The summed E-state index contributed by atoms with van der Waals surface area (Å²) in [5.41, 5.74) is 0.431. The van der Waals surface area contributed by atoms with Crippen molar-refractivity contribution in [1.82, 2.24) is 0 Å². The van der Waals surface area contributed by atoms with Gasteiger partial charge in [-0.05, 0) is 30.7 Å². The van der Waals surface area contributed by atoms with Gasteiger partial charge in [0.25, 0.3) is 0 Å². The van der Waals surface area contributed by atoms with Gasteiger partial charge in [0.05, 0.1) is 16.1 Å². The third kappa shape index (κ3) is 2.54. The molecule has 2 rings (SSSR count). The van der Waals surface area contributed by atoms with Gasteiger partial charge in [0.2, 0.25) is 0 Å². The Morgan fingerprint density at radius 2 is 2.12 bits per heavy atom. The molecule has 90 valence electrons. The van der Waals surface area contributed by atoms with Crippen molar-refractivity contribution in [2.75, 3.05) is 0 Å². The molecule has 0 aliphatic carbocycles. The maximum Gasteiger partial charge on any atom is 0.109 e. The number of allylic oxidation sites excluding steroid dienone is 1. The molecule has 0 spiro atoms. The van der Waals surface area contributed by atoms with Crippen LogP contribution < -0.4 is 0 Å². The molecule has 1 aliphatic rings. The summed E-state index contributed by atoms with van der Waals surface area (Å²) in [6.07, 6.45) is 5.54. The number of benzene rings is 1. The van der Waals surface area contributed by atoms with Crippen molar-refractivity contribution in [1.29, 1.82) is 0 Å². The molecule has 0 aromatic heterocycles. The van der Waals surface area contributed by atoms with Crippen LogP contribution in [-0.2, 0) is 6.42 Å². The molecule has 0 saturated carbocycles. The lowest BCUT2D eigenvalue weighted by atomic mass is 9.87. The van der Waals surface area contributed by atoms with E-state index in [0.29, 0.717) is 16.5 Å². The van der Waals surface area contributed by atoms with Gasteiger partial charge >= 0.3 is 0 Å². The molecule has 1 heterocycles. The van der Waals surface area contributed by atoms with Crippen LogP contribution in [0.15, 0.2) is 35.3 Å². The fourth-order valence-electron chi connectivity index (χ4n) is 1.91. The van der Waals surface area contributed by atoms with E-state index in [-0.39, 0.29) is 0 Å². The maximum absolute atomic E-state index is 9.86. The molecule has 1 aromatic carbocycles. The quantitative estimate of drug-likeness (QED) is 0.898. The number of halogens is 2. The van der Waals surface area contributed by atoms with E-state index < -0.39 is 11.6 Å². The monoisotopic (exact) mass is 269 g/mol. The van der Waals surface area contributed by atoms with Crippen molar-refractivity contribution in [2.24, 2.45) is 4.99 Å². The molecule has 0 amide bonds. The van der Waals surface area contributed by atoms with Gasteiger partial charge in [-0.15, -0.1) is 0 Å². The Hall–Kier alpha value is -0.830. The van der Waals surface area contributed by atoms with Crippen molar-refractivity contribution < 1.29 is 5.11 Å². The second kappa shape index (κ2) is 4.81. The van der Waals surface area contributed by atoms with Crippen LogP contribution in [-0.4, -0.2) is 23.0 Å². The van der Waals surface area contributed by atoms with Gasteiger partial charge in [0.1, 0.15) is 5.54 Å². The van der Waals surface area contributed by atoms with Gasteiger partial charge in [-0.25, -0.2) is 0 Å². The van der Waals surface area contributed by atoms with E-state index >= 15 is 0 Å². The number of aliphatic hydroxyl groups is 1. The van der Waals surface area contributed by atoms with Crippen LogP contribution in [0.3, 0.4) is 0 Å². The average Bonchev–Trinajstić information content (AvgIpc) is 2.73. The van der Waals surface area contributed by atoms with Crippen LogP contribution in [0.1, 0.15) is 12.5 Å². The molecule has 0 fully saturated rings. The van der Waals surface area contributed by atoms with Crippen LogP contribution >= 0.6 is 23.2 Å². The van der Waals surface area contributed by atoms with Crippen molar-refractivity contribution in [3.63, 3.8) is 0 Å². The minimum atomic E-state index is -0.572. The van der Waals surface area contributed by atoms with Gasteiger partial charge < -0.3 is 5.11 Å². The Morgan fingerprint density at radius 3 is 2.65 bits per heavy atom. The number of aliphatic imine (C=N–C) groups is 1. The lowest BCUT2D eigenvalue weighted by molar-refractivity contribution is 0.130.